The lowest BCUT2D eigenvalue weighted by Crippen LogP contribution is -2.52. The molecule has 3 fully saturated rings. The van der Waals surface area contributed by atoms with Crippen LogP contribution in [0.1, 0.15) is 36.1 Å². The number of fused-ring (bicyclic) bond motifs is 2. The number of amides is 3. The van der Waals surface area contributed by atoms with Crippen molar-refractivity contribution in [3.8, 4) is 0 Å². The molecular weight excluding hydrogens is 531 g/mol. The first-order chi connectivity index (χ1) is 19.1. The quantitative estimate of drug-likeness (QED) is 0.483. The molecule has 0 aromatic carbocycles. The molecule has 5 rings (SSSR count). The van der Waals surface area contributed by atoms with Gasteiger partial charge < -0.3 is 34.6 Å². The van der Waals surface area contributed by atoms with Gasteiger partial charge in [0.05, 0.1) is 30.3 Å². The molecule has 4 aliphatic rings. The summed E-state index contributed by atoms with van der Waals surface area (Å²) >= 11 is 0. The summed E-state index contributed by atoms with van der Waals surface area (Å²) in [6, 6.07) is 1.01. The van der Waals surface area contributed by atoms with E-state index in [1.54, 1.807) is 24.0 Å². The molecule has 4 heterocycles. The number of pyridine rings is 1. The van der Waals surface area contributed by atoms with Gasteiger partial charge in [0.1, 0.15) is 0 Å². The van der Waals surface area contributed by atoms with Crippen LogP contribution in [0.25, 0.3) is 0 Å². The third-order valence-corrected chi connectivity index (χ3v) is 8.88. The molecule has 1 saturated carbocycles. The summed E-state index contributed by atoms with van der Waals surface area (Å²) in [5.41, 5.74) is -0.623. The highest BCUT2D eigenvalue weighted by molar-refractivity contribution is 5.86. The molecule has 0 spiro atoms. The molecule has 5 atom stereocenters. The number of alkyl halides is 3. The van der Waals surface area contributed by atoms with Gasteiger partial charge in [0.2, 0.25) is 5.91 Å². The minimum Gasteiger partial charge on any atom is -0.383 e. The van der Waals surface area contributed by atoms with Crippen molar-refractivity contribution < 1.29 is 37.0 Å². The van der Waals surface area contributed by atoms with E-state index in [0.29, 0.717) is 70.0 Å². The van der Waals surface area contributed by atoms with Gasteiger partial charge in [-0.05, 0) is 36.8 Å². The first kappa shape index (κ1) is 29.0. The van der Waals surface area contributed by atoms with Gasteiger partial charge in [-0.2, -0.15) is 13.2 Å². The van der Waals surface area contributed by atoms with Gasteiger partial charge in [-0.3, -0.25) is 9.78 Å². The molecule has 2 saturated heterocycles. The zero-order valence-corrected chi connectivity index (χ0v) is 23.0. The SMILES string of the molecule is COCCNC(=O)N1CC2CC(NC3CCOCC3OC)CC2(C(=O)N2CCc3ncc(C(F)(F)F)cc3C2)C1. The molecule has 3 aliphatic heterocycles. The smallest absolute Gasteiger partial charge is 0.383 e. The summed E-state index contributed by atoms with van der Waals surface area (Å²) in [4.78, 5) is 34.7. The number of carbonyl (C=O) groups is 2. The molecule has 1 aliphatic carbocycles. The number of halogens is 3. The highest BCUT2D eigenvalue weighted by Gasteiger charge is 2.59. The fourth-order valence-electron chi connectivity index (χ4n) is 6.86. The van der Waals surface area contributed by atoms with Gasteiger partial charge in [0, 0.05) is 83.9 Å². The molecule has 2 N–H and O–H groups in total. The molecule has 1 aromatic heterocycles. The van der Waals surface area contributed by atoms with Gasteiger partial charge in [0.15, 0.2) is 0 Å². The minimum absolute atomic E-state index is 0.0454. The van der Waals surface area contributed by atoms with Crippen LogP contribution >= 0.6 is 0 Å². The second kappa shape index (κ2) is 11.8. The normalized spacial score (nSPS) is 30.2. The Morgan fingerprint density at radius 1 is 1.27 bits per heavy atom. The molecular formula is C27H38F3N5O5. The summed E-state index contributed by atoms with van der Waals surface area (Å²) < 4.78 is 56.3. The summed E-state index contributed by atoms with van der Waals surface area (Å²) in [5.74, 6) is -0.181. The maximum Gasteiger partial charge on any atom is 0.417 e. The Hall–Kier alpha value is -2.48. The summed E-state index contributed by atoms with van der Waals surface area (Å²) in [6.45, 7) is 3.03. The lowest BCUT2D eigenvalue weighted by atomic mass is 9.78. The highest BCUT2D eigenvalue weighted by atomic mass is 19.4. The first-order valence-corrected chi connectivity index (χ1v) is 13.9. The van der Waals surface area contributed by atoms with Crippen molar-refractivity contribution in [2.45, 2.75) is 56.6 Å². The number of aromatic nitrogens is 1. The number of hydrogen-bond acceptors (Lipinski definition) is 7. The second-order valence-corrected chi connectivity index (χ2v) is 11.3. The number of likely N-dealkylation sites (tertiary alicyclic amines) is 1. The number of rotatable bonds is 7. The third-order valence-electron chi connectivity index (χ3n) is 8.88. The third kappa shape index (κ3) is 5.79. The van der Waals surface area contributed by atoms with E-state index in [2.05, 4.69) is 15.6 Å². The van der Waals surface area contributed by atoms with Crippen molar-refractivity contribution in [1.82, 2.24) is 25.4 Å². The average molecular weight is 570 g/mol. The maximum absolute atomic E-state index is 14.3. The van der Waals surface area contributed by atoms with Gasteiger partial charge in [0.25, 0.3) is 0 Å². The Bertz CT molecular complexity index is 1090. The predicted octanol–water partition coefficient (Wildman–Crippen LogP) is 1.82. The van der Waals surface area contributed by atoms with Crippen molar-refractivity contribution in [2.24, 2.45) is 11.3 Å². The van der Waals surface area contributed by atoms with Crippen LogP contribution in [0.4, 0.5) is 18.0 Å². The molecule has 13 heteroatoms. The maximum atomic E-state index is 14.3. The summed E-state index contributed by atoms with van der Waals surface area (Å²) in [6.07, 6.45) is -1.29. The van der Waals surface area contributed by atoms with Crippen LogP contribution < -0.4 is 10.6 Å². The minimum atomic E-state index is -4.51. The highest BCUT2D eigenvalue weighted by Crippen LogP contribution is 2.50. The number of urea groups is 1. The van der Waals surface area contributed by atoms with Gasteiger partial charge >= 0.3 is 12.2 Å². The largest absolute Gasteiger partial charge is 0.417 e. The van der Waals surface area contributed by atoms with E-state index in [0.717, 1.165) is 18.7 Å². The van der Waals surface area contributed by atoms with E-state index in [1.165, 1.54) is 0 Å². The van der Waals surface area contributed by atoms with E-state index < -0.39 is 17.2 Å². The Labute approximate surface area is 231 Å². The van der Waals surface area contributed by atoms with E-state index in [9.17, 15) is 22.8 Å². The Morgan fingerprint density at radius 2 is 2.10 bits per heavy atom. The number of nitrogens with zero attached hydrogens (tertiary/aromatic N) is 3. The zero-order valence-electron chi connectivity index (χ0n) is 23.0. The molecule has 0 radical (unpaired) electrons. The number of hydrogen-bond donors (Lipinski definition) is 2. The zero-order chi connectivity index (χ0) is 28.5. The number of ether oxygens (including phenoxy) is 3. The summed E-state index contributed by atoms with van der Waals surface area (Å²) in [7, 11) is 3.22. The van der Waals surface area contributed by atoms with E-state index in [1.807, 2.05) is 0 Å². The summed E-state index contributed by atoms with van der Waals surface area (Å²) in [5, 5.41) is 6.56. The molecule has 5 unspecified atom stereocenters. The Morgan fingerprint density at radius 3 is 2.85 bits per heavy atom. The van der Waals surface area contributed by atoms with Crippen LogP contribution in [0.15, 0.2) is 12.3 Å². The lowest BCUT2D eigenvalue weighted by Gasteiger charge is -2.37. The number of carbonyl (C=O) groups excluding carboxylic acids is 2. The molecule has 1 aromatic rings. The van der Waals surface area contributed by atoms with Crippen LogP contribution in [-0.2, 0) is 38.1 Å². The standard InChI is InChI=1S/C27H38F3N5O5/c1-38-8-5-31-25(37)35-14-19-10-20(33-22-4-7-40-15-23(22)39-2)11-26(19,16-35)24(36)34-6-3-21-17(13-34)9-18(12-32-21)27(28,29)30/h9,12,19-20,22-23,33H,3-8,10-11,13-16H2,1-2H3,(H,31,37). The van der Waals surface area contributed by atoms with E-state index in [-0.39, 0.29) is 49.1 Å². The molecule has 10 nitrogen and oxygen atoms in total. The second-order valence-electron chi connectivity index (χ2n) is 11.3. The van der Waals surface area contributed by atoms with Crippen molar-refractivity contribution in [3.63, 3.8) is 0 Å². The average Bonchev–Trinajstić information content (AvgIpc) is 3.47. The molecule has 3 amide bonds. The topological polar surface area (TPSA) is 105 Å². The Kier molecular flexibility index (Phi) is 8.55. The first-order valence-electron chi connectivity index (χ1n) is 13.9. The number of nitrogens with one attached hydrogen (secondary N) is 2. The van der Waals surface area contributed by atoms with Gasteiger partial charge in [-0.15, -0.1) is 0 Å². The Balaban J connectivity index is 1.35. The molecule has 222 valence electrons. The fraction of sp³-hybridized carbons (Fsp3) is 0.741. The van der Waals surface area contributed by atoms with Crippen molar-refractivity contribution in [1.29, 1.82) is 0 Å². The van der Waals surface area contributed by atoms with E-state index >= 15 is 0 Å². The van der Waals surface area contributed by atoms with Crippen LogP contribution in [-0.4, -0.2) is 105 Å². The molecule has 40 heavy (non-hydrogen) atoms. The predicted molar refractivity (Wildman–Crippen MR) is 137 cm³/mol. The number of methoxy groups -OCH3 is 2. The van der Waals surface area contributed by atoms with Crippen LogP contribution in [0.2, 0.25) is 0 Å². The van der Waals surface area contributed by atoms with Crippen molar-refractivity contribution in [3.05, 3.63) is 29.1 Å². The van der Waals surface area contributed by atoms with Crippen LogP contribution in [0.5, 0.6) is 0 Å². The van der Waals surface area contributed by atoms with Crippen LogP contribution in [0.3, 0.4) is 0 Å². The monoisotopic (exact) mass is 569 g/mol. The van der Waals surface area contributed by atoms with E-state index in [4.69, 9.17) is 14.2 Å². The van der Waals surface area contributed by atoms with Gasteiger partial charge in [-0.25, -0.2) is 4.79 Å². The van der Waals surface area contributed by atoms with Crippen molar-refractivity contribution >= 4 is 11.9 Å². The lowest BCUT2D eigenvalue weighted by molar-refractivity contribution is -0.143. The van der Waals surface area contributed by atoms with Gasteiger partial charge in [-0.1, -0.05) is 0 Å². The van der Waals surface area contributed by atoms with Crippen molar-refractivity contribution in [2.75, 3.05) is 60.2 Å². The fourth-order valence-corrected chi connectivity index (χ4v) is 6.86. The van der Waals surface area contributed by atoms with Crippen LogP contribution in [0, 0.1) is 11.3 Å². The molecule has 0 bridgehead atoms.